The van der Waals surface area contributed by atoms with Gasteiger partial charge in [-0.1, -0.05) is 291 Å². The van der Waals surface area contributed by atoms with E-state index in [4.69, 9.17) is 0 Å². The summed E-state index contributed by atoms with van der Waals surface area (Å²) in [5.41, 5.74) is 22.2. The molecule has 0 saturated heterocycles. The summed E-state index contributed by atoms with van der Waals surface area (Å²) in [4.78, 5) is 2.27. The van der Waals surface area contributed by atoms with Gasteiger partial charge < -0.3 is 4.90 Å². The van der Waals surface area contributed by atoms with E-state index >= 15 is 0 Å². The Kier molecular flexibility index (Phi) is 16.0. The largest absolute Gasteiger partial charge is 0.311 e. The third kappa shape index (κ3) is 11.7. The number of anilines is 3. The number of nitrogens with zero attached hydrogens (tertiary/aromatic N) is 4. The molecule has 0 N–H and O–H groups in total. The van der Waals surface area contributed by atoms with Gasteiger partial charge in [0, 0.05) is 33.8 Å². The van der Waals surface area contributed by atoms with E-state index in [2.05, 4.69) is 205 Å². The highest BCUT2D eigenvalue weighted by Gasteiger charge is 2.19. The Morgan fingerprint density at radius 2 is 0.353 bits per heavy atom. The van der Waals surface area contributed by atoms with Crippen LogP contribution < -0.4 is 4.90 Å². The monoisotopic (exact) mass is 1080 g/mol. The van der Waals surface area contributed by atoms with Crippen LogP contribution in [0.5, 0.6) is 0 Å². The second-order valence-corrected chi connectivity index (χ2v) is 20.5. The van der Waals surface area contributed by atoms with Crippen LogP contribution in [0.3, 0.4) is 0 Å². The highest BCUT2D eigenvalue weighted by Crippen LogP contribution is 2.41. The number of nitriles is 3. The first-order valence-electron chi connectivity index (χ1n) is 28.2. The summed E-state index contributed by atoms with van der Waals surface area (Å²) >= 11 is 0. The van der Waals surface area contributed by atoms with Crippen LogP contribution in [0.15, 0.2) is 328 Å². The second-order valence-electron chi connectivity index (χ2n) is 20.5. The zero-order valence-electron chi connectivity index (χ0n) is 46.5. The number of allylic oxidation sites excluding steroid dienone is 3. The molecule has 12 rings (SSSR count). The summed E-state index contributed by atoms with van der Waals surface area (Å²) in [5.74, 6) is 0. The van der Waals surface area contributed by atoms with Gasteiger partial charge in [-0.25, -0.2) is 0 Å². The van der Waals surface area contributed by atoms with E-state index in [0.29, 0.717) is 16.7 Å². The molecule has 398 valence electrons. The van der Waals surface area contributed by atoms with Crippen LogP contribution in [-0.2, 0) is 0 Å². The zero-order valence-corrected chi connectivity index (χ0v) is 46.5. The standard InChI is InChI=1S/C81H54N4/c82-55-76(79(67-19-7-1-8-20-67)68-21-9-2-10-22-68)64-37-31-58(32-38-64)61-43-49-73(50-44-61)85(74-51-45-62(46-52-74)59-33-39-65(40-34-59)77(56-83)80(69-23-11-3-12-24-69)70-25-13-4-14-26-70)75-53-47-63(48-54-75)60-35-41-66(42-36-60)78(57-84)81(71-27-15-5-16-28-71)72-29-17-6-18-30-72/h1-54H. The molecule has 0 spiro atoms. The zero-order chi connectivity index (χ0) is 57.7. The van der Waals surface area contributed by atoms with E-state index in [0.717, 1.165) is 117 Å². The topological polar surface area (TPSA) is 74.6 Å². The van der Waals surface area contributed by atoms with Gasteiger partial charge in [-0.05, 0) is 120 Å². The fourth-order valence-corrected chi connectivity index (χ4v) is 11.1. The molecule has 0 aliphatic heterocycles. The van der Waals surface area contributed by atoms with Crippen molar-refractivity contribution in [1.29, 1.82) is 15.8 Å². The molecular formula is C81H54N4. The van der Waals surface area contributed by atoms with Crippen molar-refractivity contribution >= 4 is 50.5 Å². The van der Waals surface area contributed by atoms with Crippen molar-refractivity contribution in [1.82, 2.24) is 0 Å². The highest BCUT2D eigenvalue weighted by atomic mass is 15.1. The molecule has 4 nitrogen and oxygen atoms in total. The van der Waals surface area contributed by atoms with Crippen molar-refractivity contribution in [2.45, 2.75) is 0 Å². The molecule has 0 fully saturated rings. The van der Waals surface area contributed by atoms with Crippen LogP contribution in [0.4, 0.5) is 17.1 Å². The van der Waals surface area contributed by atoms with Gasteiger partial charge >= 0.3 is 0 Å². The molecule has 0 radical (unpaired) electrons. The van der Waals surface area contributed by atoms with Gasteiger partial charge in [-0.2, -0.15) is 15.8 Å². The van der Waals surface area contributed by atoms with Crippen molar-refractivity contribution < 1.29 is 0 Å². The summed E-state index contributed by atoms with van der Waals surface area (Å²) in [7, 11) is 0. The predicted molar refractivity (Wildman–Crippen MR) is 351 cm³/mol. The number of hydrogen-bond acceptors (Lipinski definition) is 4. The summed E-state index contributed by atoms with van der Waals surface area (Å²) in [6.45, 7) is 0. The normalized spacial score (nSPS) is 10.6. The number of rotatable bonds is 15. The molecule has 12 aromatic carbocycles. The van der Waals surface area contributed by atoms with Gasteiger partial charge in [-0.3, -0.25) is 0 Å². The van der Waals surface area contributed by atoms with Crippen molar-refractivity contribution in [2.24, 2.45) is 0 Å². The molecule has 12 aromatic rings. The van der Waals surface area contributed by atoms with Crippen LogP contribution in [0, 0.1) is 34.0 Å². The fraction of sp³-hybridized carbons (Fsp3) is 0. The lowest BCUT2D eigenvalue weighted by atomic mass is 9.89. The maximum atomic E-state index is 10.7. The van der Waals surface area contributed by atoms with Crippen LogP contribution in [0.25, 0.3) is 66.8 Å². The van der Waals surface area contributed by atoms with Gasteiger partial charge in [0.15, 0.2) is 0 Å². The summed E-state index contributed by atoms with van der Waals surface area (Å²) < 4.78 is 0. The van der Waals surface area contributed by atoms with Crippen LogP contribution in [-0.4, -0.2) is 0 Å². The Labute approximate surface area is 497 Å². The van der Waals surface area contributed by atoms with E-state index in [1.165, 1.54) is 0 Å². The molecular weight excluding hydrogens is 1030 g/mol. The van der Waals surface area contributed by atoms with Crippen LogP contribution in [0.2, 0.25) is 0 Å². The lowest BCUT2D eigenvalue weighted by Gasteiger charge is -2.26. The molecule has 85 heavy (non-hydrogen) atoms. The first-order chi connectivity index (χ1) is 42.0. The Morgan fingerprint density at radius 1 is 0.188 bits per heavy atom. The number of benzene rings is 12. The lowest BCUT2D eigenvalue weighted by molar-refractivity contribution is 1.28. The Hall–Kier alpha value is -11.9. The lowest BCUT2D eigenvalue weighted by Crippen LogP contribution is -2.09. The molecule has 0 amide bonds. The van der Waals surface area contributed by atoms with Crippen molar-refractivity contribution in [3.63, 3.8) is 0 Å². The molecule has 0 bridgehead atoms. The SMILES string of the molecule is N#CC(=C(c1ccccc1)c1ccccc1)c1ccc(-c2ccc(N(c3ccc(-c4ccc(C(C#N)=C(c5ccccc5)c5ccccc5)cc4)cc3)c3ccc(-c4ccc(C(C#N)=C(c5ccccc5)c5ccccc5)cc4)cc3)cc2)cc1. The molecule has 0 saturated carbocycles. The fourth-order valence-electron chi connectivity index (χ4n) is 11.1. The maximum Gasteiger partial charge on any atom is 0.100 e. The van der Waals surface area contributed by atoms with Crippen molar-refractivity contribution in [3.05, 3.63) is 378 Å². The molecule has 0 heterocycles. The summed E-state index contributed by atoms with van der Waals surface area (Å²) in [6.07, 6.45) is 0. The Bertz CT molecular complexity index is 3880. The number of hydrogen-bond donors (Lipinski definition) is 0. The molecule has 0 aliphatic carbocycles. The van der Waals surface area contributed by atoms with Gasteiger partial charge in [-0.15, -0.1) is 0 Å². The Balaban J connectivity index is 0.871. The third-order valence-electron chi connectivity index (χ3n) is 15.4. The minimum absolute atomic E-state index is 0.615. The van der Waals surface area contributed by atoms with Gasteiger partial charge in [0.25, 0.3) is 0 Å². The minimum Gasteiger partial charge on any atom is -0.311 e. The molecule has 4 heteroatoms. The van der Waals surface area contributed by atoms with E-state index in [1.54, 1.807) is 0 Å². The second kappa shape index (κ2) is 25.3. The first-order valence-corrected chi connectivity index (χ1v) is 28.2. The Morgan fingerprint density at radius 3 is 0.518 bits per heavy atom. The van der Waals surface area contributed by atoms with Crippen LogP contribution >= 0.6 is 0 Å². The quantitative estimate of drug-likeness (QED) is 0.0757. The summed E-state index contributed by atoms with van der Waals surface area (Å²) in [5, 5.41) is 32.0. The summed E-state index contributed by atoms with van der Waals surface area (Å²) in [6, 6.07) is 119. The molecule has 0 aliphatic rings. The molecule has 0 aromatic heterocycles. The highest BCUT2D eigenvalue weighted by molar-refractivity contribution is 6.06. The van der Waals surface area contributed by atoms with E-state index in [-0.39, 0.29) is 0 Å². The van der Waals surface area contributed by atoms with E-state index in [1.807, 2.05) is 146 Å². The first kappa shape index (κ1) is 53.8. The minimum atomic E-state index is 0.615. The van der Waals surface area contributed by atoms with Gasteiger partial charge in [0.2, 0.25) is 0 Å². The van der Waals surface area contributed by atoms with Crippen molar-refractivity contribution in [2.75, 3.05) is 4.90 Å². The molecule has 0 atom stereocenters. The van der Waals surface area contributed by atoms with E-state index < -0.39 is 0 Å². The van der Waals surface area contributed by atoms with Gasteiger partial charge in [0.05, 0.1) is 16.7 Å². The van der Waals surface area contributed by atoms with E-state index in [9.17, 15) is 15.8 Å². The van der Waals surface area contributed by atoms with Crippen LogP contribution in [0.1, 0.15) is 50.1 Å². The molecule has 0 unspecified atom stereocenters. The van der Waals surface area contributed by atoms with Gasteiger partial charge in [0.1, 0.15) is 18.2 Å². The average Bonchev–Trinajstić information content (AvgIpc) is 3.77. The third-order valence-corrected chi connectivity index (χ3v) is 15.4. The van der Waals surface area contributed by atoms with Crippen molar-refractivity contribution in [3.8, 4) is 51.6 Å². The predicted octanol–water partition coefficient (Wildman–Crippen LogP) is 20.6. The maximum absolute atomic E-state index is 10.7. The average molecular weight is 1080 g/mol. The smallest absolute Gasteiger partial charge is 0.100 e.